The summed E-state index contributed by atoms with van der Waals surface area (Å²) in [6.07, 6.45) is 1.91. The average Bonchev–Trinajstić information content (AvgIpc) is 3.13. The second-order valence-corrected chi connectivity index (χ2v) is 8.38. The Balaban J connectivity index is 1.72. The van der Waals surface area contributed by atoms with Gasteiger partial charge in [0.1, 0.15) is 5.82 Å². The van der Waals surface area contributed by atoms with E-state index in [9.17, 15) is 4.39 Å². The summed E-state index contributed by atoms with van der Waals surface area (Å²) >= 11 is 5.14. The maximum atomic E-state index is 13.2. The summed E-state index contributed by atoms with van der Waals surface area (Å²) < 4.78 is 16.4. The minimum absolute atomic E-state index is 0.215. The lowest BCUT2D eigenvalue weighted by atomic mass is 10.1. The highest BCUT2D eigenvalue weighted by atomic mass is 79.9. The third kappa shape index (κ3) is 4.21. The van der Waals surface area contributed by atoms with Crippen LogP contribution in [-0.2, 0) is 5.75 Å². The number of rotatable bonds is 5. The highest BCUT2D eigenvalue weighted by molar-refractivity contribution is 9.10. The molecule has 0 saturated heterocycles. The maximum absolute atomic E-state index is 13.2. The first-order chi connectivity index (χ1) is 13.6. The molecule has 0 aliphatic rings. The van der Waals surface area contributed by atoms with Gasteiger partial charge in [-0.2, -0.15) is 0 Å². The van der Waals surface area contributed by atoms with Crippen LogP contribution in [0.25, 0.3) is 16.9 Å². The molecule has 0 spiro atoms. The van der Waals surface area contributed by atoms with Crippen LogP contribution in [0.2, 0.25) is 0 Å². The third-order valence-corrected chi connectivity index (χ3v) is 6.00. The molecule has 0 atom stereocenters. The molecule has 2 nitrogen and oxygen atoms in total. The molecular weight excluding hydrogens is 435 g/mol. The van der Waals surface area contributed by atoms with Gasteiger partial charge >= 0.3 is 0 Å². The number of thioether (sulfide) groups is 1. The van der Waals surface area contributed by atoms with Gasteiger partial charge in [0.25, 0.3) is 0 Å². The lowest BCUT2D eigenvalue weighted by Gasteiger charge is -2.13. The zero-order valence-electron chi connectivity index (χ0n) is 15.3. The van der Waals surface area contributed by atoms with Gasteiger partial charge in [0.15, 0.2) is 5.16 Å². The zero-order valence-corrected chi connectivity index (χ0v) is 17.7. The van der Waals surface area contributed by atoms with Gasteiger partial charge in [-0.25, -0.2) is 9.37 Å². The summed E-state index contributed by atoms with van der Waals surface area (Å²) in [5, 5.41) is 0.908. The van der Waals surface area contributed by atoms with Gasteiger partial charge in [0.2, 0.25) is 0 Å². The summed E-state index contributed by atoms with van der Waals surface area (Å²) in [7, 11) is 0. The van der Waals surface area contributed by atoms with Gasteiger partial charge in [0.05, 0.1) is 11.9 Å². The minimum atomic E-state index is -0.215. The molecule has 0 saturated carbocycles. The van der Waals surface area contributed by atoms with E-state index in [1.165, 1.54) is 17.7 Å². The highest BCUT2D eigenvalue weighted by Gasteiger charge is 2.14. The average molecular weight is 453 g/mol. The molecule has 0 fully saturated rings. The van der Waals surface area contributed by atoms with Crippen molar-refractivity contribution >= 4 is 27.7 Å². The molecule has 0 N–H and O–H groups in total. The monoisotopic (exact) mass is 452 g/mol. The van der Waals surface area contributed by atoms with E-state index in [4.69, 9.17) is 0 Å². The summed E-state index contributed by atoms with van der Waals surface area (Å²) in [6.45, 7) is 2.08. The van der Waals surface area contributed by atoms with Crippen LogP contribution in [0.4, 0.5) is 4.39 Å². The van der Waals surface area contributed by atoms with Gasteiger partial charge in [-0.1, -0.05) is 69.7 Å². The van der Waals surface area contributed by atoms with Crippen LogP contribution in [0.15, 0.2) is 88.6 Å². The van der Waals surface area contributed by atoms with Crippen LogP contribution >= 0.6 is 27.7 Å². The molecule has 0 amide bonds. The molecule has 0 aliphatic carbocycles. The Morgan fingerprint density at radius 1 is 0.929 bits per heavy atom. The molecular formula is C23H18BrFN2S. The Morgan fingerprint density at radius 2 is 1.61 bits per heavy atom. The summed E-state index contributed by atoms with van der Waals surface area (Å²) in [6, 6.07) is 23.3. The molecule has 0 unspecified atom stereocenters. The van der Waals surface area contributed by atoms with Crippen molar-refractivity contribution in [2.24, 2.45) is 0 Å². The fraction of sp³-hybridized carbons (Fsp3) is 0.0870. The predicted octanol–water partition coefficient (Wildman–Crippen LogP) is 7.04. The number of hydrogen-bond donors (Lipinski definition) is 0. The summed E-state index contributed by atoms with van der Waals surface area (Å²) in [5.74, 6) is 0.510. The van der Waals surface area contributed by atoms with Crippen molar-refractivity contribution < 1.29 is 4.39 Å². The third-order valence-electron chi connectivity index (χ3n) is 4.44. The van der Waals surface area contributed by atoms with Crippen LogP contribution in [0.5, 0.6) is 0 Å². The Kier molecular flexibility index (Phi) is 5.64. The molecule has 28 heavy (non-hydrogen) atoms. The first kappa shape index (κ1) is 19.0. The second-order valence-electron chi connectivity index (χ2n) is 6.52. The van der Waals surface area contributed by atoms with E-state index < -0.39 is 0 Å². The van der Waals surface area contributed by atoms with Crippen LogP contribution in [0.3, 0.4) is 0 Å². The molecule has 4 aromatic rings. The Bertz CT molecular complexity index is 1070. The van der Waals surface area contributed by atoms with Crippen molar-refractivity contribution in [3.63, 3.8) is 0 Å². The number of hydrogen-bond acceptors (Lipinski definition) is 2. The highest BCUT2D eigenvalue weighted by Crippen LogP contribution is 2.32. The lowest BCUT2D eigenvalue weighted by Crippen LogP contribution is -1.99. The molecule has 0 bridgehead atoms. The molecule has 5 heteroatoms. The number of aromatic nitrogens is 2. The number of halogens is 2. The smallest absolute Gasteiger partial charge is 0.173 e. The van der Waals surface area contributed by atoms with Crippen molar-refractivity contribution in [1.82, 2.24) is 9.55 Å². The van der Waals surface area contributed by atoms with Crippen molar-refractivity contribution in [3.8, 4) is 16.9 Å². The molecule has 0 radical (unpaired) electrons. The first-order valence-electron chi connectivity index (χ1n) is 8.88. The van der Waals surface area contributed by atoms with E-state index in [-0.39, 0.29) is 5.82 Å². The molecule has 0 aliphatic heterocycles. The van der Waals surface area contributed by atoms with Gasteiger partial charge in [-0.05, 0) is 48.9 Å². The number of aryl methyl sites for hydroxylation is 1. The Labute approximate surface area is 176 Å². The predicted molar refractivity (Wildman–Crippen MR) is 117 cm³/mol. The number of benzene rings is 3. The second kappa shape index (κ2) is 8.33. The molecule has 140 valence electrons. The van der Waals surface area contributed by atoms with Crippen LogP contribution in [0, 0.1) is 12.7 Å². The standard InChI is InChI=1S/C23H18BrFN2S/c1-16-2-12-21(13-3-16)27-22(18-6-8-19(24)9-7-18)14-26-23(27)28-15-17-4-10-20(25)11-5-17/h2-14H,15H2,1H3. The van der Waals surface area contributed by atoms with Crippen molar-refractivity contribution in [2.75, 3.05) is 0 Å². The summed E-state index contributed by atoms with van der Waals surface area (Å²) in [4.78, 5) is 4.69. The van der Waals surface area contributed by atoms with E-state index in [2.05, 4.69) is 68.8 Å². The van der Waals surface area contributed by atoms with Crippen LogP contribution in [0.1, 0.15) is 11.1 Å². The fourth-order valence-electron chi connectivity index (χ4n) is 2.93. The van der Waals surface area contributed by atoms with E-state index in [1.807, 2.05) is 30.5 Å². The topological polar surface area (TPSA) is 17.8 Å². The molecule has 1 heterocycles. The largest absolute Gasteiger partial charge is 0.287 e. The normalized spacial score (nSPS) is 11.0. The quantitative estimate of drug-likeness (QED) is 0.302. The maximum Gasteiger partial charge on any atom is 0.173 e. The number of nitrogens with zero attached hydrogens (tertiary/aromatic N) is 2. The first-order valence-corrected chi connectivity index (χ1v) is 10.7. The van der Waals surface area contributed by atoms with Crippen LogP contribution < -0.4 is 0 Å². The van der Waals surface area contributed by atoms with Gasteiger partial charge < -0.3 is 0 Å². The number of imidazole rings is 1. The fourth-order valence-corrected chi connectivity index (χ4v) is 4.15. The molecule has 4 rings (SSSR count). The van der Waals surface area contributed by atoms with Crippen molar-refractivity contribution in [1.29, 1.82) is 0 Å². The lowest BCUT2D eigenvalue weighted by molar-refractivity contribution is 0.627. The SMILES string of the molecule is Cc1ccc(-n2c(-c3ccc(Br)cc3)cnc2SCc2ccc(F)cc2)cc1. The minimum Gasteiger partial charge on any atom is -0.287 e. The van der Waals surface area contributed by atoms with Gasteiger partial charge in [0, 0.05) is 21.5 Å². The molecule has 3 aromatic carbocycles. The van der Waals surface area contributed by atoms with Gasteiger partial charge in [-0.15, -0.1) is 0 Å². The van der Waals surface area contributed by atoms with E-state index in [0.717, 1.165) is 37.9 Å². The van der Waals surface area contributed by atoms with E-state index in [0.29, 0.717) is 0 Å². The molecule has 1 aromatic heterocycles. The van der Waals surface area contributed by atoms with E-state index in [1.54, 1.807) is 11.8 Å². The Hall–Kier alpha value is -2.37. The van der Waals surface area contributed by atoms with Gasteiger partial charge in [-0.3, -0.25) is 4.57 Å². The Morgan fingerprint density at radius 3 is 2.29 bits per heavy atom. The summed E-state index contributed by atoms with van der Waals surface area (Å²) in [5.41, 5.74) is 5.50. The van der Waals surface area contributed by atoms with Crippen molar-refractivity contribution in [3.05, 3.63) is 100 Å². The zero-order chi connectivity index (χ0) is 19.5. The van der Waals surface area contributed by atoms with Crippen molar-refractivity contribution in [2.45, 2.75) is 17.8 Å². The van der Waals surface area contributed by atoms with E-state index >= 15 is 0 Å². The van der Waals surface area contributed by atoms with Crippen LogP contribution in [-0.4, -0.2) is 9.55 Å².